The lowest BCUT2D eigenvalue weighted by atomic mass is 9.99. The Labute approximate surface area is 94.8 Å². The van der Waals surface area contributed by atoms with Gasteiger partial charge in [0.1, 0.15) is 5.75 Å². The van der Waals surface area contributed by atoms with Crippen LogP contribution in [0.3, 0.4) is 0 Å². The number of methoxy groups -OCH3 is 1. The largest absolute Gasteiger partial charge is 0.496 e. The summed E-state index contributed by atoms with van der Waals surface area (Å²) >= 11 is 0. The molecule has 0 spiro atoms. The summed E-state index contributed by atoms with van der Waals surface area (Å²) < 4.78 is 5.26. The molecular formula is C14H14O2. The van der Waals surface area contributed by atoms with Crippen molar-refractivity contribution < 1.29 is 9.53 Å². The van der Waals surface area contributed by atoms with Crippen molar-refractivity contribution in [3.05, 3.63) is 42.0 Å². The Kier molecular flexibility index (Phi) is 2.91. The van der Waals surface area contributed by atoms with Gasteiger partial charge < -0.3 is 4.74 Å². The first-order valence-corrected chi connectivity index (χ1v) is 5.37. The van der Waals surface area contributed by atoms with Gasteiger partial charge in [0.05, 0.1) is 12.7 Å². The summed E-state index contributed by atoms with van der Waals surface area (Å²) in [4.78, 5) is 11.9. The number of benzene rings is 2. The van der Waals surface area contributed by atoms with E-state index in [0.29, 0.717) is 17.7 Å². The van der Waals surface area contributed by atoms with Gasteiger partial charge in [-0.25, -0.2) is 0 Å². The molecule has 0 saturated carbocycles. The van der Waals surface area contributed by atoms with Gasteiger partial charge in [-0.05, 0) is 16.8 Å². The maximum absolute atomic E-state index is 11.9. The summed E-state index contributed by atoms with van der Waals surface area (Å²) in [7, 11) is 1.59. The summed E-state index contributed by atoms with van der Waals surface area (Å²) in [6, 6.07) is 11.7. The number of carbonyl (C=O) groups is 1. The van der Waals surface area contributed by atoms with Crippen molar-refractivity contribution in [1.29, 1.82) is 0 Å². The standard InChI is InChI=1S/C14H14O2/c1-3-12(15)14-11-7-5-4-6-10(11)8-9-13(14)16-2/h4-9H,3H2,1-2H3. The molecule has 0 atom stereocenters. The smallest absolute Gasteiger partial charge is 0.166 e. The quantitative estimate of drug-likeness (QED) is 0.731. The van der Waals surface area contributed by atoms with E-state index in [0.717, 1.165) is 10.8 Å². The number of ketones is 1. The lowest BCUT2D eigenvalue weighted by molar-refractivity contribution is 0.0987. The van der Waals surface area contributed by atoms with Crippen LogP contribution in [0.25, 0.3) is 10.8 Å². The average molecular weight is 214 g/mol. The molecule has 0 bridgehead atoms. The molecular weight excluding hydrogens is 200 g/mol. The van der Waals surface area contributed by atoms with Crippen molar-refractivity contribution in [2.75, 3.05) is 7.11 Å². The first-order valence-electron chi connectivity index (χ1n) is 5.37. The van der Waals surface area contributed by atoms with Crippen LogP contribution in [0.1, 0.15) is 23.7 Å². The highest BCUT2D eigenvalue weighted by Crippen LogP contribution is 2.28. The van der Waals surface area contributed by atoms with Gasteiger partial charge in [-0.1, -0.05) is 37.3 Å². The number of carbonyl (C=O) groups excluding carboxylic acids is 1. The molecule has 0 aliphatic carbocycles. The molecule has 2 rings (SSSR count). The molecule has 0 amide bonds. The zero-order valence-corrected chi connectivity index (χ0v) is 9.49. The minimum Gasteiger partial charge on any atom is -0.496 e. The van der Waals surface area contributed by atoms with Crippen LogP contribution < -0.4 is 4.74 Å². The fraction of sp³-hybridized carbons (Fsp3) is 0.214. The molecule has 82 valence electrons. The minimum absolute atomic E-state index is 0.119. The van der Waals surface area contributed by atoms with Crippen molar-refractivity contribution >= 4 is 16.6 Å². The second-order valence-corrected chi connectivity index (χ2v) is 3.64. The maximum atomic E-state index is 11.9. The molecule has 0 N–H and O–H groups in total. The second kappa shape index (κ2) is 4.35. The molecule has 2 heteroatoms. The molecule has 16 heavy (non-hydrogen) atoms. The van der Waals surface area contributed by atoms with Gasteiger partial charge in [0.25, 0.3) is 0 Å². The summed E-state index contributed by atoms with van der Waals surface area (Å²) in [5, 5.41) is 2.04. The molecule has 0 aromatic heterocycles. The minimum atomic E-state index is 0.119. The first kappa shape index (κ1) is 10.7. The molecule has 0 aliphatic rings. The van der Waals surface area contributed by atoms with Crippen LogP contribution in [0.15, 0.2) is 36.4 Å². The van der Waals surface area contributed by atoms with E-state index in [1.807, 2.05) is 43.3 Å². The van der Waals surface area contributed by atoms with Crippen molar-refractivity contribution in [2.24, 2.45) is 0 Å². The molecule has 0 heterocycles. The summed E-state index contributed by atoms with van der Waals surface area (Å²) in [5.41, 5.74) is 0.697. The van der Waals surface area contributed by atoms with E-state index in [9.17, 15) is 4.79 Å². The van der Waals surface area contributed by atoms with Crippen LogP contribution in [0.5, 0.6) is 5.75 Å². The van der Waals surface area contributed by atoms with Gasteiger partial charge in [0, 0.05) is 6.42 Å². The molecule has 2 aromatic rings. The molecule has 2 aromatic carbocycles. The Hall–Kier alpha value is -1.83. The van der Waals surface area contributed by atoms with Crippen LogP contribution in [0.2, 0.25) is 0 Å². The number of rotatable bonds is 3. The molecule has 0 saturated heterocycles. The Morgan fingerprint density at radius 3 is 2.62 bits per heavy atom. The van der Waals surface area contributed by atoms with Gasteiger partial charge in [0.15, 0.2) is 5.78 Å². The fourth-order valence-corrected chi connectivity index (χ4v) is 1.89. The molecule has 0 aliphatic heterocycles. The normalized spacial score (nSPS) is 10.4. The topological polar surface area (TPSA) is 26.3 Å². The molecule has 2 nitrogen and oxygen atoms in total. The van der Waals surface area contributed by atoms with Gasteiger partial charge in [-0.3, -0.25) is 4.79 Å². The zero-order chi connectivity index (χ0) is 11.5. The highest BCUT2D eigenvalue weighted by atomic mass is 16.5. The summed E-state index contributed by atoms with van der Waals surface area (Å²) in [6.45, 7) is 1.86. The Morgan fingerprint density at radius 1 is 1.19 bits per heavy atom. The van der Waals surface area contributed by atoms with Crippen LogP contribution in [-0.2, 0) is 0 Å². The predicted molar refractivity (Wildman–Crippen MR) is 65.1 cm³/mol. The van der Waals surface area contributed by atoms with Crippen LogP contribution in [0, 0.1) is 0 Å². The van der Waals surface area contributed by atoms with Crippen molar-refractivity contribution in [3.63, 3.8) is 0 Å². The predicted octanol–water partition coefficient (Wildman–Crippen LogP) is 3.44. The number of ether oxygens (including phenoxy) is 1. The highest BCUT2D eigenvalue weighted by Gasteiger charge is 2.13. The zero-order valence-electron chi connectivity index (χ0n) is 9.49. The van der Waals surface area contributed by atoms with E-state index in [2.05, 4.69) is 0 Å². The lowest BCUT2D eigenvalue weighted by Gasteiger charge is -2.10. The fourth-order valence-electron chi connectivity index (χ4n) is 1.89. The second-order valence-electron chi connectivity index (χ2n) is 3.64. The van der Waals surface area contributed by atoms with Gasteiger partial charge in [0.2, 0.25) is 0 Å². The molecule has 0 fully saturated rings. The van der Waals surface area contributed by atoms with E-state index in [-0.39, 0.29) is 5.78 Å². The Balaban J connectivity index is 2.78. The van der Waals surface area contributed by atoms with Crippen LogP contribution in [0.4, 0.5) is 0 Å². The van der Waals surface area contributed by atoms with Crippen LogP contribution >= 0.6 is 0 Å². The van der Waals surface area contributed by atoms with Crippen molar-refractivity contribution in [3.8, 4) is 5.75 Å². The monoisotopic (exact) mass is 214 g/mol. The maximum Gasteiger partial charge on any atom is 0.166 e. The van der Waals surface area contributed by atoms with E-state index in [1.54, 1.807) is 7.11 Å². The van der Waals surface area contributed by atoms with E-state index >= 15 is 0 Å². The Bertz CT molecular complexity index is 529. The van der Waals surface area contributed by atoms with E-state index < -0.39 is 0 Å². The van der Waals surface area contributed by atoms with E-state index in [4.69, 9.17) is 4.74 Å². The SMILES string of the molecule is CCC(=O)c1c(OC)ccc2ccccc12. The summed E-state index contributed by atoms with van der Waals surface area (Å²) in [5.74, 6) is 0.777. The van der Waals surface area contributed by atoms with Gasteiger partial charge in [-0.15, -0.1) is 0 Å². The third kappa shape index (κ3) is 1.67. The van der Waals surface area contributed by atoms with Gasteiger partial charge >= 0.3 is 0 Å². The number of fused-ring (bicyclic) bond motifs is 1. The Morgan fingerprint density at radius 2 is 1.94 bits per heavy atom. The molecule has 0 unspecified atom stereocenters. The number of hydrogen-bond donors (Lipinski definition) is 0. The van der Waals surface area contributed by atoms with Crippen molar-refractivity contribution in [2.45, 2.75) is 13.3 Å². The summed E-state index contributed by atoms with van der Waals surface area (Å²) in [6.07, 6.45) is 0.490. The van der Waals surface area contributed by atoms with Crippen molar-refractivity contribution in [1.82, 2.24) is 0 Å². The van der Waals surface area contributed by atoms with Crippen LogP contribution in [-0.4, -0.2) is 12.9 Å². The number of hydrogen-bond acceptors (Lipinski definition) is 2. The highest BCUT2D eigenvalue weighted by molar-refractivity contribution is 6.10. The number of Topliss-reactive ketones (excluding diaryl/α,β-unsaturated/α-hetero) is 1. The third-order valence-corrected chi connectivity index (χ3v) is 2.71. The average Bonchev–Trinajstić information content (AvgIpc) is 2.36. The van der Waals surface area contributed by atoms with E-state index in [1.165, 1.54) is 0 Å². The third-order valence-electron chi connectivity index (χ3n) is 2.71. The first-order chi connectivity index (χ1) is 7.77. The molecule has 0 radical (unpaired) electrons. The van der Waals surface area contributed by atoms with Gasteiger partial charge in [-0.2, -0.15) is 0 Å². The lowest BCUT2D eigenvalue weighted by Crippen LogP contribution is -2.01.